The summed E-state index contributed by atoms with van der Waals surface area (Å²) in [5.41, 5.74) is 1.75. The Bertz CT molecular complexity index is 754. The first-order valence-electron chi connectivity index (χ1n) is 6.77. The lowest BCUT2D eigenvalue weighted by Gasteiger charge is -2.06. The molecule has 4 nitrogen and oxygen atoms in total. The third-order valence-corrected chi connectivity index (χ3v) is 4.25. The summed E-state index contributed by atoms with van der Waals surface area (Å²) in [4.78, 5) is 23.5. The Kier molecular flexibility index (Phi) is 3.68. The predicted octanol–water partition coefficient (Wildman–Crippen LogP) is 2.89. The van der Waals surface area contributed by atoms with E-state index in [1.165, 1.54) is 16.2 Å². The molecule has 21 heavy (non-hydrogen) atoms. The van der Waals surface area contributed by atoms with Crippen LogP contribution in [-0.2, 0) is 11.8 Å². The van der Waals surface area contributed by atoms with Crippen LogP contribution in [0.1, 0.15) is 17.9 Å². The zero-order valence-corrected chi connectivity index (χ0v) is 13.1. The molecule has 0 bridgehead atoms. The van der Waals surface area contributed by atoms with Gasteiger partial charge in [-0.05, 0) is 36.1 Å². The molecule has 1 aromatic carbocycles. The maximum Gasteiger partial charge on any atom is 0.250 e. The summed E-state index contributed by atoms with van der Waals surface area (Å²) in [7, 11) is 1.67. The molecule has 2 atom stereocenters. The molecule has 1 fully saturated rings. The topological polar surface area (TPSA) is 51.1 Å². The molecule has 1 heterocycles. The van der Waals surface area contributed by atoms with Crippen LogP contribution in [0.25, 0.3) is 0 Å². The van der Waals surface area contributed by atoms with E-state index in [2.05, 4.69) is 33.4 Å². The number of pyridine rings is 1. The molecule has 108 valence electrons. The number of carbonyl (C=O) groups is 1. The second kappa shape index (κ2) is 5.48. The highest BCUT2D eigenvalue weighted by Gasteiger charge is 2.43. The molecular weight excluding hydrogens is 332 g/mol. The minimum Gasteiger partial charge on any atom is -0.325 e. The number of aromatic nitrogens is 1. The fourth-order valence-electron chi connectivity index (χ4n) is 2.49. The number of amides is 1. The Balaban J connectivity index is 1.68. The molecule has 2 aromatic rings. The van der Waals surface area contributed by atoms with Crippen LogP contribution in [0.15, 0.2) is 51.9 Å². The lowest BCUT2D eigenvalue weighted by atomic mass is 10.1. The van der Waals surface area contributed by atoms with E-state index >= 15 is 0 Å². The van der Waals surface area contributed by atoms with E-state index in [1.54, 1.807) is 19.3 Å². The van der Waals surface area contributed by atoms with Gasteiger partial charge in [0.1, 0.15) is 0 Å². The summed E-state index contributed by atoms with van der Waals surface area (Å²) in [6.07, 6.45) is 2.50. The monoisotopic (exact) mass is 346 g/mol. The lowest BCUT2D eigenvalue weighted by molar-refractivity contribution is -0.117. The van der Waals surface area contributed by atoms with E-state index in [0.29, 0.717) is 5.69 Å². The van der Waals surface area contributed by atoms with Crippen LogP contribution in [0.5, 0.6) is 0 Å². The van der Waals surface area contributed by atoms with Crippen LogP contribution in [0.4, 0.5) is 5.69 Å². The number of carbonyl (C=O) groups excluding carboxylic acids is 1. The second-order valence-corrected chi connectivity index (χ2v) is 6.28. The van der Waals surface area contributed by atoms with Gasteiger partial charge in [-0.1, -0.05) is 28.1 Å². The molecule has 1 aromatic heterocycles. The number of nitrogens with zero attached hydrogens (tertiary/aromatic N) is 1. The van der Waals surface area contributed by atoms with Gasteiger partial charge >= 0.3 is 0 Å². The predicted molar refractivity (Wildman–Crippen MR) is 85.3 cm³/mol. The van der Waals surface area contributed by atoms with Crippen LogP contribution in [0.3, 0.4) is 0 Å². The fourth-order valence-corrected chi connectivity index (χ4v) is 2.91. The molecule has 0 spiro atoms. The second-order valence-electron chi connectivity index (χ2n) is 5.36. The molecule has 0 aliphatic heterocycles. The maximum absolute atomic E-state index is 12.2. The van der Waals surface area contributed by atoms with Crippen molar-refractivity contribution in [1.82, 2.24) is 4.57 Å². The largest absolute Gasteiger partial charge is 0.325 e. The van der Waals surface area contributed by atoms with Gasteiger partial charge in [-0.3, -0.25) is 9.59 Å². The zero-order valence-electron chi connectivity index (χ0n) is 11.5. The van der Waals surface area contributed by atoms with Crippen molar-refractivity contribution < 1.29 is 4.79 Å². The first kappa shape index (κ1) is 14.1. The van der Waals surface area contributed by atoms with Crippen molar-refractivity contribution in [3.05, 3.63) is 63.0 Å². The highest BCUT2D eigenvalue weighted by molar-refractivity contribution is 9.10. The van der Waals surface area contributed by atoms with Gasteiger partial charge in [-0.25, -0.2) is 0 Å². The molecule has 0 saturated heterocycles. The molecule has 1 amide bonds. The Morgan fingerprint density at radius 1 is 1.33 bits per heavy atom. The molecule has 1 N–H and O–H groups in total. The van der Waals surface area contributed by atoms with E-state index < -0.39 is 0 Å². The number of hydrogen-bond acceptors (Lipinski definition) is 2. The molecule has 1 saturated carbocycles. The minimum atomic E-state index is -0.0913. The molecular formula is C16H15BrN2O2. The summed E-state index contributed by atoms with van der Waals surface area (Å²) in [5.74, 6) is 0.310. The molecule has 3 rings (SSSR count). The number of benzene rings is 1. The molecule has 0 radical (unpaired) electrons. The van der Waals surface area contributed by atoms with Crippen molar-refractivity contribution >= 4 is 27.5 Å². The Hall–Kier alpha value is -1.88. The van der Waals surface area contributed by atoms with Crippen molar-refractivity contribution in [3.63, 3.8) is 0 Å². The normalized spacial score (nSPS) is 20.1. The van der Waals surface area contributed by atoms with Crippen molar-refractivity contribution in [3.8, 4) is 0 Å². The third-order valence-electron chi connectivity index (χ3n) is 3.76. The van der Waals surface area contributed by atoms with Crippen molar-refractivity contribution in [2.45, 2.75) is 12.3 Å². The molecule has 0 unspecified atom stereocenters. The van der Waals surface area contributed by atoms with E-state index in [4.69, 9.17) is 0 Å². The van der Waals surface area contributed by atoms with Crippen molar-refractivity contribution in [2.24, 2.45) is 13.0 Å². The van der Waals surface area contributed by atoms with Crippen LogP contribution >= 0.6 is 15.9 Å². The van der Waals surface area contributed by atoms with Gasteiger partial charge in [0.2, 0.25) is 11.5 Å². The Morgan fingerprint density at radius 3 is 2.86 bits per heavy atom. The van der Waals surface area contributed by atoms with Crippen molar-refractivity contribution in [2.75, 3.05) is 5.32 Å². The minimum absolute atomic E-state index is 0.0107. The highest BCUT2D eigenvalue weighted by atomic mass is 79.9. The SMILES string of the molecule is Cn1cc(NC(=O)[C@H]2C[C@@H]2c2cccc(Br)c2)ccc1=O. The van der Waals surface area contributed by atoms with Crippen LogP contribution in [0.2, 0.25) is 0 Å². The van der Waals surface area contributed by atoms with Gasteiger partial charge in [-0.2, -0.15) is 0 Å². The maximum atomic E-state index is 12.2. The summed E-state index contributed by atoms with van der Waals surface area (Å²) in [6.45, 7) is 0. The highest BCUT2D eigenvalue weighted by Crippen LogP contribution is 2.48. The Morgan fingerprint density at radius 2 is 2.14 bits per heavy atom. The van der Waals surface area contributed by atoms with Crippen LogP contribution in [-0.4, -0.2) is 10.5 Å². The smallest absolute Gasteiger partial charge is 0.250 e. The lowest BCUT2D eigenvalue weighted by Crippen LogP contribution is -2.19. The first-order chi connectivity index (χ1) is 10.0. The number of anilines is 1. The number of aryl methyl sites for hydroxylation is 1. The summed E-state index contributed by atoms with van der Waals surface area (Å²) >= 11 is 3.45. The number of hydrogen-bond donors (Lipinski definition) is 1. The molecule has 1 aliphatic rings. The van der Waals surface area contributed by atoms with Gasteiger partial charge in [0.15, 0.2) is 0 Å². The van der Waals surface area contributed by atoms with Gasteiger partial charge < -0.3 is 9.88 Å². The van der Waals surface area contributed by atoms with E-state index in [1.807, 2.05) is 12.1 Å². The average molecular weight is 347 g/mol. The van der Waals surface area contributed by atoms with Crippen LogP contribution < -0.4 is 10.9 Å². The number of nitrogens with one attached hydrogen (secondary N) is 1. The van der Waals surface area contributed by atoms with E-state index in [9.17, 15) is 9.59 Å². The first-order valence-corrected chi connectivity index (χ1v) is 7.57. The van der Waals surface area contributed by atoms with Gasteiger partial charge in [-0.15, -0.1) is 0 Å². The van der Waals surface area contributed by atoms with E-state index in [-0.39, 0.29) is 23.3 Å². The van der Waals surface area contributed by atoms with Crippen molar-refractivity contribution in [1.29, 1.82) is 0 Å². The van der Waals surface area contributed by atoms with Gasteiger partial charge in [0.05, 0.1) is 5.69 Å². The molecule has 5 heteroatoms. The standard InChI is InChI=1S/C16H15BrN2O2/c1-19-9-12(5-6-15(19)20)18-16(21)14-8-13(14)10-3-2-4-11(17)7-10/h2-7,9,13-14H,8H2,1H3,(H,18,21)/t13-,14+/m1/s1. The van der Waals surface area contributed by atoms with Gasteiger partial charge in [0, 0.05) is 29.7 Å². The van der Waals surface area contributed by atoms with E-state index in [0.717, 1.165) is 10.9 Å². The number of halogens is 1. The number of rotatable bonds is 3. The fraction of sp³-hybridized carbons (Fsp3) is 0.250. The third kappa shape index (κ3) is 3.08. The summed E-state index contributed by atoms with van der Waals surface area (Å²) < 4.78 is 2.48. The van der Waals surface area contributed by atoms with Crippen LogP contribution in [0, 0.1) is 5.92 Å². The molecule has 1 aliphatic carbocycles. The Labute approximate surface area is 130 Å². The average Bonchev–Trinajstić information content (AvgIpc) is 3.23. The summed E-state index contributed by atoms with van der Waals surface area (Å²) in [6, 6.07) is 11.2. The quantitative estimate of drug-likeness (QED) is 0.928. The van der Waals surface area contributed by atoms with Gasteiger partial charge in [0.25, 0.3) is 0 Å². The zero-order chi connectivity index (χ0) is 15.0. The summed E-state index contributed by atoms with van der Waals surface area (Å²) in [5, 5.41) is 2.88.